The van der Waals surface area contributed by atoms with E-state index in [-0.39, 0.29) is 17.5 Å². The molecule has 0 aliphatic heterocycles. The van der Waals surface area contributed by atoms with E-state index in [1.807, 2.05) is 18.2 Å². The van der Waals surface area contributed by atoms with Crippen molar-refractivity contribution < 1.29 is 9.18 Å². The van der Waals surface area contributed by atoms with Gasteiger partial charge in [0.15, 0.2) is 0 Å². The highest BCUT2D eigenvalue weighted by atomic mass is 19.1. The molecule has 1 heterocycles. The number of aromatic nitrogens is 3. The number of nitrogens with one attached hydrogen (secondary N) is 1. The molecule has 6 heteroatoms. The van der Waals surface area contributed by atoms with Crippen molar-refractivity contribution in [1.82, 2.24) is 14.8 Å². The van der Waals surface area contributed by atoms with Gasteiger partial charge in [-0.1, -0.05) is 32.0 Å². The summed E-state index contributed by atoms with van der Waals surface area (Å²) in [5.74, 6) is -0.0432. The van der Waals surface area contributed by atoms with Gasteiger partial charge in [0, 0.05) is 5.69 Å². The summed E-state index contributed by atoms with van der Waals surface area (Å²) in [5, 5.41) is 7.25. The predicted molar refractivity (Wildman–Crippen MR) is 99.2 cm³/mol. The Hall–Kier alpha value is -3.02. The van der Waals surface area contributed by atoms with E-state index in [0.29, 0.717) is 11.5 Å². The molecule has 0 unspecified atom stereocenters. The Morgan fingerprint density at radius 2 is 1.69 bits per heavy atom. The molecule has 0 aliphatic carbocycles. The third-order valence-electron chi connectivity index (χ3n) is 4.28. The summed E-state index contributed by atoms with van der Waals surface area (Å²) in [4.78, 5) is 17.0. The quantitative estimate of drug-likeness (QED) is 0.752. The maximum Gasteiger partial charge on any atom is 0.295 e. The Labute approximate surface area is 151 Å². The summed E-state index contributed by atoms with van der Waals surface area (Å²) in [5.41, 5.74) is 3.64. The van der Waals surface area contributed by atoms with E-state index in [1.165, 1.54) is 16.8 Å². The van der Waals surface area contributed by atoms with Gasteiger partial charge in [-0.15, -0.1) is 5.10 Å². The molecule has 134 valence electrons. The lowest BCUT2D eigenvalue weighted by atomic mass is 10.0. The zero-order chi connectivity index (χ0) is 18.7. The minimum absolute atomic E-state index is 0.0831. The van der Waals surface area contributed by atoms with Gasteiger partial charge in [0.1, 0.15) is 11.6 Å². The SMILES string of the molecule is CCc1cccc(CC)c1NC(=O)c1nc(C)n(-c2ccc(F)cc2)n1. The lowest BCUT2D eigenvalue weighted by Gasteiger charge is -2.13. The summed E-state index contributed by atoms with van der Waals surface area (Å²) in [6.45, 7) is 5.86. The summed E-state index contributed by atoms with van der Waals surface area (Å²) in [6.07, 6.45) is 1.64. The fraction of sp³-hybridized carbons (Fsp3) is 0.250. The van der Waals surface area contributed by atoms with Crippen LogP contribution < -0.4 is 5.32 Å². The van der Waals surface area contributed by atoms with Gasteiger partial charge in [0.05, 0.1) is 5.69 Å². The van der Waals surface area contributed by atoms with Crippen LogP contribution in [0.15, 0.2) is 42.5 Å². The van der Waals surface area contributed by atoms with Crippen molar-refractivity contribution >= 4 is 11.6 Å². The minimum Gasteiger partial charge on any atom is -0.319 e. The van der Waals surface area contributed by atoms with E-state index in [2.05, 4.69) is 29.2 Å². The first-order chi connectivity index (χ1) is 12.5. The third-order valence-corrected chi connectivity index (χ3v) is 4.28. The second-order valence-corrected chi connectivity index (χ2v) is 5.98. The van der Waals surface area contributed by atoms with Crippen LogP contribution in [0.25, 0.3) is 5.69 Å². The number of para-hydroxylation sites is 1. The molecule has 0 spiro atoms. The molecular weight excluding hydrogens is 331 g/mol. The fourth-order valence-corrected chi connectivity index (χ4v) is 2.89. The number of benzene rings is 2. The van der Waals surface area contributed by atoms with Gasteiger partial charge in [-0.3, -0.25) is 4.79 Å². The number of aryl methyl sites for hydroxylation is 3. The minimum atomic E-state index is -0.357. The fourth-order valence-electron chi connectivity index (χ4n) is 2.89. The highest BCUT2D eigenvalue weighted by molar-refractivity contribution is 6.02. The predicted octanol–water partition coefficient (Wildman–Crippen LogP) is 4.09. The van der Waals surface area contributed by atoms with Crippen LogP contribution in [0.5, 0.6) is 0 Å². The van der Waals surface area contributed by atoms with Gasteiger partial charge in [0.2, 0.25) is 5.82 Å². The summed E-state index contributed by atoms with van der Waals surface area (Å²) < 4.78 is 14.6. The van der Waals surface area contributed by atoms with E-state index in [1.54, 1.807) is 19.1 Å². The molecule has 0 atom stereocenters. The van der Waals surface area contributed by atoms with Crippen LogP contribution in [0.1, 0.15) is 41.4 Å². The number of halogens is 1. The molecule has 5 nitrogen and oxygen atoms in total. The lowest BCUT2D eigenvalue weighted by molar-refractivity contribution is 0.101. The molecule has 0 radical (unpaired) electrons. The van der Waals surface area contributed by atoms with Crippen molar-refractivity contribution in [3.8, 4) is 5.69 Å². The zero-order valence-electron chi connectivity index (χ0n) is 15.1. The number of anilines is 1. The Bertz CT molecular complexity index is 909. The molecule has 1 aromatic heterocycles. The number of hydrogen-bond donors (Lipinski definition) is 1. The van der Waals surface area contributed by atoms with Gasteiger partial charge in [-0.25, -0.2) is 14.1 Å². The average molecular weight is 352 g/mol. The molecular formula is C20H21FN4O. The molecule has 3 aromatic rings. The summed E-state index contributed by atoms with van der Waals surface area (Å²) >= 11 is 0. The Balaban J connectivity index is 1.90. The molecule has 1 N–H and O–H groups in total. The van der Waals surface area contributed by atoms with Crippen molar-refractivity contribution in [3.63, 3.8) is 0 Å². The van der Waals surface area contributed by atoms with Crippen LogP contribution >= 0.6 is 0 Å². The second kappa shape index (κ2) is 7.47. The van der Waals surface area contributed by atoms with E-state index in [4.69, 9.17) is 0 Å². The van der Waals surface area contributed by atoms with Crippen molar-refractivity contribution in [2.24, 2.45) is 0 Å². The zero-order valence-corrected chi connectivity index (χ0v) is 15.1. The number of nitrogens with zero attached hydrogens (tertiary/aromatic N) is 3. The smallest absolute Gasteiger partial charge is 0.295 e. The van der Waals surface area contributed by atoms with E-state index >= 15 is 0 Å². The standard InChI is InChI=1S/C20H21FN4O/c1-4-14-7-6-8-15(5-2)18(14)23-20(26)19-22-13(3)25(24-19)17-11-9-16(21)10-12-17/h6-12H,4-5H2,1-3H3,(H,23,26). The molecule has 0 fully saturated rings. The number of carbonyl (C=O) groups is 1. The van der Waals surface area contributed by atoms with Crippen molar-refractivity contribution in [2.75, 3.05) is 5.32 Å². The molecule has 0 bridgehead atoms. The summed E-state index contributed by atoms with van der Waals surface area (Å²) in [7, 11) is 0. The lowest BCUT2D eigenvalue weighted by Crippen LogP contribution is -2.16. The molecule has 26 heavy (non-hydrogen) atoms. The summed E-state index contributed by atoms with van der Waals surface area (Å²) in [6, 6.07) is 11.9. The third kappa shape index (κ3) is 3.49. The van der Waals surface area contributed by atoms with Crippen LogP contribution in [0, 0.1) is 12.7 Å². The number of amides is 1. The maximum atomic E-state index is 13.1. The van der Waals surface area contributed by atoms with Gasteiger partial charge < -0.3 is 5.32 Å². The van der Waals surface area contributed by atoms with E-state index in [9.17, 15) is 9.18 Å². The normalized spacial score (nSPS) is 10.8. The van der Waals surface area contributed by atoms with Gasteiger partial charge in [0.25, 0.3) is 5.91 Å². The molecule has 2 aromatic carbocycles. The van der Waals surface area contributed by atoms with Crippen molar-refractivity contribution in [3.05, 3.63) is 71.1 Å². The first-order valence-corrected chi connectivity index (χ1v) is 8.65. The number of hydrogen-bond acceptors (Lipinski definition) is 3. The average Bonchev–Trinajstić information content (AvgIpc) is 3.04. The monoisotopic (exact) mass is 352 g/mol. The second-order valence-electron chi connectivity index (χ2n) is 5.98. The highest BCUT2D eigenvalue weighted by Gasteiger charge is 2.18. The Morgan fingerprint density at radius 3 is 2.27 bits per heavy atom. The Morgan fingerprint density at radius 1 is 1.08 bits per heavy atom. The largest absolute Gasteiger partial charge is 0.319 e. The van der Waals surface area contributed by atoms with Crippen molar-refractivity contribution in [1.29, 1.82) is 0 Å². The van der Waals surface area contributed by atoms with Crippen LogP contribution in [0.3, 0.4) is 0 Å². The van der Waals surface area contributed by atoms with Crippen LogP contribution in [0.2, 0.25) is 0 Å². The Kier molecular flexibility index (Phi) is 5.11. The van der Waals surface area contributed by atoms with E-state index < -0.39 is 0 Å². The molecule has 0 saturated carbocycles. The van der Waals surface area contributed by atoms with Crippen LogP contribution in [0.4, 0.5) is 10.1 Å². The first kappa shape index (κ1) is 17.8. The van der Waals surface area contributed by atoms with Crippen LogP contribution in [-0.2, 0) is 12.8 Å². The molecule has 1 amide bonds. The van der Waals surface area contributed by atoms with E-state index in [0.717, 1.165) is 29.7 Å². The number of rotatable bonds is 5. The van der Waals surface area contributed by atoms with Crippen molar-refractivity contribution in [2.45, 2.75) is 33.6 Å². The van der Waals surface area contributed by atoms with Crippen LogP contribution in [-0.4, -0.2) is 20.7 Å². The van der Waals surface area contributed by atoms with Gasteiger partial charge in [-0.05, 0) is 55.2 Å². The van der Waals surface area contributed by atoms with Gasteiger partial charge >= 0.3 is 0 Å². The molecule has 0 saturated heterocycles. The van der Waals surface area contributed by atoms with Gasteiger partial charge in [-0.2, -0.15) is 0 Å². The number of carbonyl (C=O) groups excluding carboxylic acids is 1. The maximum absolute atomic E-state index is 13.1. The highest BCUT2D eigenvalue weighted by Crippen LogP contribution is 2.23. The first-order valence-electron chi connectivity index (χ1n) is 8.65. The molecule has 0 aliphatic rings. The molecule has 3 rings (SSSR count). The topological polar surface area (TPSA) is 59.8 Å².